The number of aryl methyl sites for hydroxylation is 2. The van der Waals surface area contributed by atoms with E-state index in [-0.39, 0.29) is 5.78 Å². The van der Waals surface area contributed by atoms with Crippen molar-refractivity contribution in [3.05, 3.63) is 82.4 Å². The summed E-state index contributed by atoms with van der Waals surface area (Å²) in [4.78, 5) is 24.2. The molecule has 0 radical (unpaired) electrons. The molecule has 0 heterocycles. The van der Waals surface area contributed by atoms with Crippen LogP contribution < -0.4 is 5.73 Å². The Hall–Kier alpha value is -2.94. The number of carbonyl (C=O) groups is 2. The molecule has 2 N–H and O–H groups in total. The third kappa shape index (κ3) is 2.93. The number of amides is 1. The van der Waals surface area contributed by atoms with Gasteiger partial charge in [0.1, 0.15) is 0 Å². The first-order valence-corrected chi connectivity index (χ1v) is 8.62. The van der Waals surface area contributed by atoms with Gasteiger partial charge < -0.3 is 5.73 Å². The number of ketones is 1. The Morgan fingerprint density at radius 1 is 0.680 bits per heavy atom. The van der Waals surface area contributed by atoms with Crippen molar-refractivity contribution in [1.82, 2.24) is 0 Å². The number of rotatable bonds is 3. The minimum atomic E-state index is -0.448. The third-order valence-electron chi connectivity index (χ3n) is 5.00. The molecular formula is C22H19NO2. The van der Waals surface area contributed by atoms with Gasteiger partial charge in [0, 0.05) is 16.7 Å². The normalized spacial score (nSPS) is 13.4. The smallest absolute Gasteiger partial charge is 0.248 e. The molecule has 124 valence electrons. The first kappa shape index (κ1) is 15.6. The van der Waals surface area contributed by atoms with E-state index in [0.717, 1.165) is 29.2 Å². The van der Waals surface area contributed by atoms with Gasteiger partial charge >= 0.3 is 0 Å². The van der Waals surface area contributed by atoms with Gasteiger partial charge in [0.2, 0.25) is 5.91 Å². The summed E-state index contributed by atoms with van der Waals surface area (Å²) in [5.74, 6) is -0.412. The Labute approximate surface area is 146 Å². The Morgan fingerprint density at radius 2 is 1.24 bits per heavy atom. The predicted octanol–water partition coefficient (Wildman–Crippen LogP) is 4.05. The Bertz CT molecular complexity index is 1000. The van der Waals surface area contributed by atoms with Crippen molar-refractivity contribution in [2.45, 2.75) is 25.7 Å². The molecule has 4 rings (SSSR count). The average molecular weight is 329 g/mol. The van der Waals surface area contributed by atoms with Gasteiger partial charge in [-0.1, -0.05) is 30.3 Å². The van der Waals surface area contributed by atoms with Crippen molar-refractivity contribution in [1.29, 1.82) is 0 Å². The topological polar surface area (TPSA) is 60.2 Å². The van der Waals surface area contributed by atoms with Crippen LogP contribution in [0.25, 0.3) is 10.8 Å². The number of primary amides is 1. The highest BCUT2D eigenvalue weighted by Crippen LogP contribution is 2.24. The summed E-state index contributed by atoms with van der Waals surface area (Å²) in [6.45, 7) is 0. The zero-order chi connectivity index (χ0) is 17.4. The molecule has 0 saturated heterocycles. The largest absolute Gasteiger partial charge is 0.366 e. The number of benzene rings is 3. The van der Waals surface area contributed by atoms with Crippen LogP contribution in [0.3, 0.4) is 0 Å². The maximum atomic E-state index is 12.9. The number of hydrogen-bond donors (Lipinski definition) is 1. The fourth-order valence-corrected chi connectivity index (χ4v) is 3.58. The maximum Gasteiger partial charge on any atom is 0.248 e. The summed E-state index contributed by atoms with van der Waals surface area (Å²) in [7, 11) is 0. The number of fused-ring (bicyclic) bond motifs is 2. The van der Waals surface area contributed by atoms with Crippen LogP contribution in [0.5, 0.6) is 0 Å². The van der Waals surface area contributed by atoms with Crippen LogP contribution >= 0.6 is 0 Å². The van der Waals surface area contributed by atoms with Crippen LogP contribution in [-0.2, 0) is 12.8 Å². The van der Waals surface area contributed by atoms with Crippen LogP contribution in [0.4, 0.5) is 0 Å². The Morgan fingerprint density at radius 3 is 1.96 bits per heavy atom. The second-order valence-corrected chi connectivity index (χ2v) is 6.66. The fourth-order valence-electron chi connectivity index (χ4n) is 3.58. The molecule has 1 amide bonds. The van der Waals surface area contributed by atoms with E-state index < -0.39 is 5.91 Å². The first-order valence-electron chi connectivity index (χ1n) is 8.62. The van der Waals surface area contributed by atoms with Crippen molar-refractivity contribution in [3.8, 4) is 0 Å². The number of hydrogen-bond acceptors (Lipinski definition) is 2. The number of carbonyl (C=O) groups excluding carboxylic acids is 2. The predicted molar refractivity (Wildman–Crippen MR) is 99.0 cm³/mol. The molecule has 3 nitrogen and oxygen atoms in total. The second kappa shape index (κ2) is 6.17. The molecule has 0 saturated carbocycles. The molecule has 3 aromatic rings. The van der Waals surface area contributed by atoms with Gasteiger partial charge in [-0.3, -0.25) is 9.59 Å². The van der Waals surface area contributed by atoms with Gasteiger partial charge in [-0.2, -0.15) is 0 Å². The Balaban J connectivity index is 1.70. The molecule has 1 aliphatic rings. The van der Waals surface area contributed by atoms with E-state index in [2.05, 4.69) is 12.1 Å². The van der Waals surface area contributed by atoms with E-state index >= 15 is 0 Å². The van der Waals surface area contributed by atoms with Crippen molar-refractivity contribution in [2.24, 2.45) is 5.73 Å². The van der Waals surface area contributed by atoms with Crippen molar-refractivity contribution in [2.75, 3.05) is 0 Å². The quantitative estimate of drug-likeness (QED) is 0.737. The first-order chi connectivity index (χ1) is 12.1. The molecule has 0 atom stereocenters. The summed E-state index contributed by atoms with van der Waals surface area (Å²) in [5, 5.41) is 1.83. The lowest BCUT2D eigenvalue weighted by atomic mass is 9.89. The molecular weight excluding hydrogens is 310 g/mol. The van der Waals surface area contributed by atoms with Crippen LogP contribution in [0.2, 0.25) is 0 Å². The monoisotopic (exact) mass is 329 g/mol. The molecule has 0 aromatic heterocycles. The Kier molecular flexibility index (Phi) is 3.85. The SMILES string of the molecule is NC(=O)c1ccc2cc(C(=O)c3ccc4c(c3)CCCC4)ccc2c1. The van der Waals surface area contributed by atoms with E-state index in [1.807, 2.05) is 30.3 Å². The van der Waals surface area contributed by atoms with E-state index in [1.165, 1.54) is 24.0 Å². The highest BCUT2D eigenvalue weighted by atomic mass is 16.1. The standard InChI is InChI=1S/C22H19NO2/c23-22(25)20-10-7-16-12-19(9-6-17(16)13-20)21(24)18-8-5-14-3-1-2-4-15(14)11-18/h5-13H,1-4H2,(H2,23,25). The average Bonchev–Trinajstić information content (AvgIpc) is 2.66. The van der Waals surface area contributed by atoms with Crippen LogP contribution in [0.1, 0.15) is 50.2 Å². The second-order valence-electron chi connectivity index (χ2n) is 6.66. The summed E-state index contributed by atoms with van der Waals surface area (Å²) in [6.07, 6.45) is 4.60. The summed E-state index contributed by atoms with van der Waals surface area (Å²) >= 11 is 0. The molecule has 0 bridgehead atoms. The highest BCUT2D eigenvalue weighted by Gasteiger charge is 2.15. The third-order valence-corrected chi connectivity index (χ3v) is 5.00. The molecule has 25 heavy (non-hydrogen) atoms. The van der Waals surface area contributed by atoms with Gasteiger partial charge in [-0.25, -0.2) is 0 Å². The van der Waals surface area contributed by atoms with Crippen LogP contribution in [0, 0.1) is 0 Å². The van der Waals surface area contributed by atoms with Crippen LogP contribution in [0.15, 0.2) is 54.6 Å². The van der Waals surface area contributed by atoms with Crippen LogP contribution in [-0.4, -0.2) is 11.7 Å². The lowest BCUT2D eigenvalue weighted by Crippen LogP contribution is -2.10. The molecule has 3 heteroatoms. The molecule has 0 unspecified atom stereocenters. The minimum Gasteiger partial charge on any atom is -0.366 e. The minimum absolute atomic E-state index is 0.0363. The zero-order valence-corrected chi connectivity index (χ0v) is 13.9. The lowest BCUT2D eigenvalue weighted by Gasteiger charge is -2.16. The molecule has 0 aliphatic heterocycles. The highest BCUT2D eigenvalue weighted by molar-refractivity contribution is 6.11. The van der Waals surface area contributed by atoms with E-state index in [4.69, 9.17) is 5.73 Å². The van der Waals surface area contributed by atoms with Gasteiger partial charge in [-0.15, -0.1) is 0 Å². The fraction of sp³-hybridized carbons (Fsp3) is 0.182. The van der Waals surface area contributed by atoms with Gasteiger partial charge in [0.05, 0.1) is 0 Å². The summed E-state index contributed by atoms with van der Waals surface area (Å²) in [6, 6.07) is 16.9. The van der Waals surface area contributed by atoms with Gasteiger partial charge in [0.25, 0.3) is 0 Å². The van der Waals surface area contributed by atoms with Crippen molar-refractivity contribution in [3.63, 3.8) is 0 Å². The van der Waals surface area contributed by atoms with Crippen molar-refractivity contribution >= 4 is 22.5 Å². The van der Waals surface area contributed by atoms with E-state index in [0.29, 0.717) is 11.1 Å². The van der Waals surface area contributed by atoms with E-state index in [9.17, 15) is 9.59 Å². The summed E-state index contributed by atoms with van der Waals surface area (Å²) in [5.41, 5.74) is 9.89. The lowest BCUT2D eigenvalue weighted by molar-refractivity contribution is 0.0998. The molecule has 0 fully saturated rings. The maximum absolute atomic E-state index is 12.9. The molecule has 3 aromatic carbocycles. The van der Waals surface area contributed by atoms with Gasteiger partial charge in [0.15, 0.2) is 5.78 Å². The number of nitrogens with two attached hydrogens (primary N) is 1. The summed E-state index contributed by atoms with van der Waals surface area (Å²) < 4.78 is 0. The van der Waals surface area contributed by atoms with Gasteiger partial charge in [-0.05, 0) is 71.8 Å². The molecule has 1 aliphatic carbocycles. The van der Waals surface area contributed by atoms with E-state index in [1.54, 1.807) is 12.1 Å². The molecule has 0 spiro atoms. The zero-order valence-electron chi connectivity index (χ0n) is 13.9. The van der Waals surface area contributed by atoms with Crippen molar-refractivity contribution < 1.29 is 9.59 Å².